The molecule has 0 spiro atoms. The van der Waals surface area contributed by atoms with Crippen LogP contribution in [-0.4, -0.2) is 63.7 Å². The van der Waals surface area contributed by atoms with Crippen molar-refractivity contribution >= 4 is 29.9 Å². The third kappa shape index (κ3) is 5.90. The number of fused-ring (bicyclic) bond motifs is 1. The maximum absolute atomic E-state index is 13.9. The second-order valence-corrected chi connectivity index (χ2v) is 6.23. The summed E-state index contributed by atoms with van der Waals surface area (Å²) >= 11 is 0. The van der Waals surface area contributed by atoms with E-state index in [9.17, 15) is 4.39 Å². The van der Waals surface area contributed by atoms with Gasteiger partial charge in [0.25, 0.3) is 0 Å². The number of guanidine groups is 1. The lowest BCUT2D eigenvalue weighted by molar-refractivity contribution is -0.0447. The molecule has 9 heteroatoms. The zero-order valence-electron chi connectivity index (χ0n) is 15.7. The lowest BCUT2D eigenvalue weighted by Crippen LogP contribution is -2.51. The van der Waals surface area contributed by atoms with E-state index < -0.39 is 0 Å². The molecule has 7 nitrogen and oxygen atoms in total. The highest BCUT2D eigenvalue weighted by atomic mass is 127. The third-order valence-electron chi connectivity index (χ3n) is 4.28. The molecule has 1 unspecified atom stereocenters. The van der Waals surface area contributed by atoms with E-state index in [0.717, 1.165) is 30.2 Å². The predicted molar refractivity (Wildman–Crippen MR) is 110 cm³/mol. The van der Waals surface area contributed by atoms with Gasteiger partial charge >= 0.3 is 0 Å². The fourth-order valence-corrected chi connectivity index (χ4v) is 3.16. The molecule has 0 bridgehead atoms. The Balaban J connectivity index is 0.00000261. The summed E-state index contributed by atoms with van der Waals surface area (Å²) in [4.78, 5) is 6.84. The van der Waals surface area contributed by atoms with Crippen molar-refractivity contribution in [1.82, 2.24) is 10.2 Å². The van der Waals surface area contributed by atoms with Gasteiger partial charge in [0.15, 0.2) is 12.8 Å². The van der Waals surface area contributed by atoms with Crippen molar-refractivity contribution in [2.75, 3.05) is 46.8 Å². The molecule has 1 saturated heterocycles. The SMILES string of the molecule is CCNC(=NCc1cc(F)cc2c1OCOC2)N1CCOC(COC)C1.I. The Bertz CT molecular complexity index is 645. The molecule has 2 aliphatic rings. The smallest absolute Gasteiger partial charge is 0.194 e. The summed E-state index contributed by atoms with van der Waals surface area (Å²) in [6.45, 7) is 6.24. The number of methoxy groups -OCH3 is 1. The second-order valence-electron chi connectivity index (χ2n) is 6.23. The van der Waals surface area contributed by atoms with Crippen molar-refractivity contribution in [2.45, 2.75) is 26.2 Å². The van der Waals surface area contributed by atoms with Crippen molar-refractivity contribution in [2.24, 2.45) is 4.99 Å². The summed E-state index contributed by atoms with van der Waals surface area (Å²) < 4.78 is 35.6. The molecule has 1 atom stereocenters. The van der Waals surface area contributed by atoms with Crippen molar-refractivity contribution in [1.29, 1.82) is 0 Å². The summed E-state index contributed by atoms with van der Waals surface area (Å²) in [7, 11) is 1.67. The van der Waals surface area contributed by atoms with Crippen LogP contribution in [-0.2, 0) is 27.4 Å². The topological polar surface area (TPSA) is 64.6 Å². The summed E-state index contributed by atoms with van der Waals surface area (Å²) in [5, 5.41) is 3.30. The van der Waals surface area contributed by atoms with Crippen LogP contribution in [0.15, 0.2) is 17.1 Å². The lowest BCUT2D eigenvalue weighted by atomic mass is 10.1. The zero-order chi connectivity index (χ0) is 18.4. The van der Waals surface area contributed by atoms with Gasteiger partial charge in [0, 0.05) is 37.9 Å². The van der Waals surface area contributed by atoms with Crippen LogP contribution in [0.2, 0.25) is 0 Å². The maximum atomic E-state index is 13.9. The predicted octanol–water partition coefficient (Wildman–Crippen LogP) is 2.12. The van der Waals surface area contributed by atoms with Gasteiger partial charge in [-0.3, -0.25) is 0 Å². The van der Waals surface area contributed by atoms with Gasteiger partial charge < -0.3 is 29.2 Å². The van der Waals surface area contributed by atoms with Gasteiger partial charge in [0.05, 0.1) is 32.5 Å². The Labute approximate surface area is 176 Å². The average molecular weight is 495 g/mol. The van der Waals surface area contributed by atoms with Gasteiger partial charge in [-0.05, 0) is 19.1 Å². The fourth-order valence-electron chi connectivity index (χ4n) is 3.16. The minimum Gasteiger partial charge on any atom is -0.467 e. The molecular weight excluding hydrogens is 468 g/mol. The molecule has 0 saturated carbocycles. The molecule has 1 N–H and O–H groups in total. The molecule has 2 aliphatic heterocycles. The van der Waals surface area contributed by atoms with E-state index in [0.29, 0.717) is 38.7 Å². The Kier molecular flexibility index (Phi) is 9.00. The van der Waals surface area contributed by atoms with Crippen molar-refractivity contribution in [3.8, 4) is 5.75 Å². The number of aliphatic imine (C=N–C) groups is 1. The number of rotatable bonds is 5. The van der Waals surface area contributed by atoms with Crippen LogP contribution in [0.4, 0.5) is 4.39 Å². The van der Waals surface area contributed by atoms with Crippen LogP contribution in [0, 0.1) is 5.82 Å². The number of hydrogen-bond donors (Lipinski definition) is 1. The molecule has 2 heterocycles. The number of halogens is 2. The zero-order valence-corrected chi connectivity index (χ0v) is 18.0. The first-order chi connectivity index (χ1) is 12.7. The molecule has 0 aromatic heterocycles. The van der Waals surface area contributed by atoms with Crippen LogP contribution in [0.3, 0.4) is 0 Å². The van der Waals surface area contributed by atoms with Crippen molar-refractivity contribution in [3.05, 3.63) is 29.1 Å². The monoisotopic (exact) mass is 495 g/mol. The van der Waals surface area contributed by atoms with E-state index in [2.05, 4.69) is 10.2 Å². The molecule has 3 rings (SSSR count). The molecule has 152 valence electrons. The quantitative estimate of drug-likeness (QED) is 0.384. The Morgan fingerprint density at radius 1 is 1.44 bits per heavy atom. The number of nitrogens with one attached hydrogen (secondary N) is 1. The molecular formula is C18H27FIN3O4. The first-order valence-electron chi connectivity index (χ1n) is 8.87. The summed E-state index contributed by atoms with van der Waals surface area (Å²) in [6, 6.07) is 2.93. The third-order valence-corrected chi connectivity index (χ3v) is 4.28. The van der Waals surface area contributed by atoms with Gasteiger partial charge in [0.2, 0.25) is 0 Å². The fraction of sp³-hybridized carbons (Fsp3) is 0.611. The molecule has 0 radical (unpaired) electrons. The van der Waals surface area contributed by atoms with Crippen LogP contribution in [0.5, 0.6) is 5.75 Å². The van der Waals surface area contributed by atoms with Crippen molar-refractivity contribution in [3.63, 3.8) is 0 Å². The highest BCUT2D eigenvalue weighted by Gasteiger charge is 2.23. The number of nitrogens with zero attached hydrogens (tertiary/aromatic N) is 2. The normalized spacial score (nSPS) is 19.7. The molecule has 1 aromatic rings. The Hall–Kier alpha value is -1.17. The van der Waals surface area contributed by atoms with Gasteiger partial charge in [-0.1, -0.05) is 0 Å². The number of benzene rings is 1. The molecule has 0 aliphatic carbocycles. The van der Waals surface area contributed by atoms with Gasteiger partial charge in [-0.15, -0.1) is 24.0 Å². The van der Waals surface area contributed by atoms with Gasteiger partial charge in [-0.2, -0.15) is 0 Å². The summed E-state index contributed by atoms with van der Waals surface area (Å²) in [6.07, 6.45) is 0.0139. The standard InChI is InChI=1S/C18H26FN3O4.HI/c1-3-20-18(22-4-5-25-16(9-22)11-23-2)21-8-13-6-15(19)7-14-10-24-12-26-17(13)14;/h6-7,16H,3-5,8-12H2,1-2H3,(H,20,21);1H. The van der Waals surface area contributed by atoms with Crippen LogP contribution in [0.1, 0.15) is 18.1 Å². The molecule has 1 fully saturated rings. The van der Waals surface area contributed by atoms with E-state index in [1.54, 1.807) is 7.11 Å². The minimum absolute atomic E-state index is 0. The summed E-state index contributed by atoms with van der Waals surface area (Å²) in [5.74, 6) is 1.15. The van der Waals surface area contributed by atoms with E-state index in [1.807, 2.05) is 6.92 Å². The van der Waals surface area contributed by atoms with E-state index >= 15 is 0 Å². The van der Waals surface area contributed by atoms with E-state index in [-0.39, 0.29) is 42.7 Å². The van der Waals surface area contributed by atoms with Crippen LogP contribution >= 0.6 is 24.0 Å². The minimum atomic E-state index is -0.306. The molecule has 1 aromatic carbocycles. The van der Waals surface area contributed by atoms with Crippen LogP contribution < -0.4 is 10.1 Å². The highest BCUT2D eigenvalue weighted by Crippen LogP contribution is 2.30. The number of hydrogen-bond acceptors (Lipinski definition) is 5. The largest absolute Gasteiger partial charge is 0.467 e. The number of ether oxygens (including phenoxy) is 4. The summed E-state index contributed by atoms with van der Waals surface area (Å²) in [5.41, 5.74) is 1.44. The Morgan fingerprint density at radius 2 is 2.30 bits per heavy atom. The lowest BCUT2D eigenvalue weighted by Gasteiger charge is -2.34. The van der Waals surface area contributed by atoms with Crippen LogP contribution in [0.25, 0.3) is 0 Å². The Morgan fingerprint density at radius 3 is 3.07 bits per heavy atom. The first-order valence-corrected chi connectivity index (χ1v) is 8.87. The van der Waals surface area contributed by atoms with Crippen molar-refractivity contribution < 1.29 is 23.3 Å². The van der Waals surface area contributed by atoms with E-state index in [1.165, 1.54) is 12.1 Å². The van der Waals surface area contributed by atoms with E-state index in [4.69, 9.17) is 23.9 Å². The highest BCUT2D eigenvalue weighted by molar-refractivity contribution is 14.0. The molecule has 27 heavy (non-hydrogen) atoms. The second kappa shape index (κ2) is 11.0. The van der Waals surface area contributed by atoms with Gasteiger partial charge in [0.1, 0.15) is 11.6 Å². The maximum Gasteiger partial charge on any atom is 0.194 e. The average Bonchev–Trinajstić information content (AvgIpc) is 2.65. The van der Waals surface area contributed by atoms with Gasteiger partial charge in [-0.25, -0.2) is 9.38 Å². The molecule has 0 amide bonds. The first kappa shape index (κ1) is 22.1. The number of morpholine rings is 1.